The second-order valence-electron chi connectivity index (χ2n) is 9.45. The Morgan fingerprint density at radius 3 is 2.71 bits per heavy atom. The molecule has 0 N–H and O–H groups in total. The molecule has 3 rings (SSSR count). The molecule has 0 radical (unpaired) electrons. The summed E-state index contributed by atoms with van der Waals surface area (Å²) >= 11 is 0. The van der Waals surface area contributed by atoms with E-state index in [0.717, 1.165) is 37.7 Å². The summed E-state index contributed by atoms with van der Waals surface area (Å²) in [6.45, 7) is 2.52. The molecule has 1 aromatic rings. The smallest absolute Gasteiger partial charge is 0.305 e. The lowest BCUT2D eigenvalue weighted by Gasteiger charge is -2.38. The number of allylic oxidation sites excluding steroid dienone is 3. The molecule has 0 amide bonds. The van der Waals surface area contributed by atoms with Gasteiger partial charge in [0.1, 0.15) is 5.82 Å². The van der Waals surface area contributed by atoms with E-state index in [2.05, 4.69) is 16.9 Å². The van der Waals surface area contributed by atoms with Crippen LogP contribution in [0.1, 0.15) is 63.9 Å². The van der Waals surface area contributed by atoms with Gasteiger partial charge in [-0.3, -0.25) is 9.59 Å². The lowest BCUT2D eigenvalue weighted by molar-refractivity contribution is -0.140. The van der Waals surface area contributed by atoms with E-state index >= 15 is 0 Å². The number of rotatable bonds is 13. The Hall–Kier alpha value is -2.34. The first kappa shape index (κ1) is 26.3. The summed E-state index contributed by atoms with van der Waals surface area (Å²) in [7, 11) is 1.39. The van der Waals surface area contributed by atoms with Gasteiger partial charge in [-0.2, -0.15) is 0 Å². The van der Waals surface area contributed by atoms with E-state index in [1.807, 2.05) is 25.1 Å². The van der Waals surface area contributed by atoms with Crippen molar-refractivity contribution >= 4 is 11.8 Å². The second-order valence-corrected chi connectivity index (χ2v) is 9.45. The van der Waals surface area contributed by atoms with E-state index in [9.17, 15) is 18.4 Å². The number of ketones is 1. The van der Waals surface area contributed by atoms with Crippen LogP contribution in [-0.2, 0) is 24.5 Å². The highest BCUT2D eigenvalue weighted by molar-refractivity contribution is 5.93. The third kappa shape index (κ3) is 6.21. The van der Waals surface area contributed by atoms with Crippen LogP contribution < -0.4 is 0 Å². The Balaban J connectivity index is 1.75. The van der Waals surface area contributed by atoms with E-state index in [0.29, 0.717) is 19.4 Å². The maximum Gasteiger partial charge on any atom is 0.305 e. The van der Waals surface area contributed by atoms with Gasteiger partial charge in [-0.15, -0.1) is 0 Å². The molecule has 1 unspecified atom stereocenters. The maximum atomic E-state index is 14.2. The molecule has 5 atom stereocenters. The number of methoxy groups -OCH3 is 1. The molecule has 1 aliphatic carbocycles. The topological polar surface area (TPSA) is 52.6 Å². The molecule has 34 heavy (non-hydrogen) atoms. The third-order valence-corrected chi connectivity index (χ3v) is 7.28. The van der Waals surface area contributed by atoms with Gasteiger partial charge >= 0.3 is 5.97 Å². The lowest BCUT2D eigenvalue weighted by atomic mass is 9.69. The Labute approximate surface area is 201 Å². The number of alkyl halides is 1. The van der Waals surface area contributed by atoms with Crippen LogP contribution in [0.2, 0.25) is 0 Å². The minimum absolute atomic E-state index is 0.0270. The molecular formula is C28H36F2O4. The molecule has 186 valence electrons. The first-order valence-electron chi connectivity index (χ1n) is 12.4. The van der Waals surface area contributed by atoms with Crippen LogP contribution in [0.15, 0.2) is 48.6 Å². The number of esters is 1. The van der Waals surface area contributed by atoms with Crippen molar-refractivity contribution in [2.24, 2.45) is 11.8 Å². The fourth-order valence-electron chi connectivity index (χ4n) is 5.37. The Morgan fingerprint density at radius 1 is 1.24 bits per heavy atom. The minimum Gasteiger partial charge on any atom is -0.469 e. The van der Waals surface area contributed by atoms with Gasteiger partial charge in [0.2, 0.25) is 0 Å². The van der Waals surface area contributed by atoms with Crippen LogP contribution in [0.4, 0.5) is 8.78 Å². The SMILES string of the molecule is CCCCC(F)C(=O)C=C[C@@H]1[C@@H]2C[C@@](c3ccc(F)cc3)(CO2)[C@H]1CC=CCCCC(=O)OC. The predicted octanol–water partition coefficient (Wildman–Crippen LogP) is 6.04. The van der Waals surface area contributed by atoms with E-state index in [-0.39, 0.29) is 41.6 Å². The summed E-state index contributed by atoms with van der Waals surface area (Å²) in [5, 5.41) is 0. The summed E-state index contributed by atoms with van der Waals surface area (Å²) in [6, 6.07) is 6.61. The van der Waals surface area contributed by atoms with Crippen molar-refractivity contribution in [1.29, 1.82) is 0 Å². The lowest BCUT2D eigenvalue weighted by Crippen LogP contribution is -2.39. The molecule has 0 spiro atoms. The van der Waals surface area contributed by atoms with Gasteiger partial charge in [0.25, 0.3) is 0 Å². The number of ether oxygens (including phenoxy) is 2. The molecule has 6 heteroatoms. The Morgan fingerprint density at radius 2 is 2.00 bits per heavy atom. The summed E-state index contributed by atoms with van der Waals surface area (Å²) in [5.41, 5.74) is 0.762. The summed E-state index contributed by atoms with van der Waals surface area (Å²) in [4.78, 5) is 23.6. The summed E-state index contributed by atoms with van der Waals surface area (Å²) in [6.07, 6.45) is 11.1. The van der Waals surface area contributed by atoms with E-state index < -0.39 is 12.0 Å². The van der Waals surface area contributed by atoms with E-state index in [1.54, 1.807) is 0 Å². The van der Waals surface area contributed by atoms with Gasteiger partial charge in [-0.05, 0) is 61.8 Å². The molecule has 1 aliphatic heterocycles. The molecule has 2 bridgehead atoms. The largest absolute Gasteiger partial charge is 0.469 e. The number of benzene rings is 1. The number of halogens is 2. The van der Waals surface area contributed by atoms with Crippen molar-refractivity contribution in [1.82, 2.24) is 0 Å². The van der Waals surface area contributed by atoms with Gasteiger partial charge < -0.3 is 9.47 Å². The zero-order valence-corrected chi connectivity index (χ0v) is 20.2. The van der Waals surface area contributed by atoms with Crippen LogP contribution in [0.3, 0.4) is 0 Å². The van der Waals surface area contributed by atoms with Crippen molar-refractivity contribution in [3.63, 3.8) is 0 Å². The maximum absolute atomic E-state index is 14.2. The monoisotopic (exact) mass is 474 g/mol. The number of unbranched alkanes of at least 4 members (excludes halogenated alkanes) is 2. The number of hydrogen-bond donors (Lipinski definition) is 0. The van der Waals surface area contributed by atoms with Crippen LogP contribution >= 0.6 is 0 Å². The highest BCUT2D eigenvalue weighted by Crippen LogP contribution is 2.57. The molecule has 2 aliphatic rings. The van der Waals surface area contributed by atoms with Crippen molar-refractivity contribution in [3.8, 4) is 0 Å². The molecule has 4 nitrogen and oxygen atoms in total. The first-order chi connectivity index (χ1) is 16.4. The van der Waals surface area contributed by atoms with Crippen molar-refractivity contribution in [3.05, 3.63) is 60.0 Å². The molecule has 1 heterocycles. The molecule has 2 fully saturated rings. The summed E-state index contributed by atoms with van der Waals surface area (Å²) in [5.74, 6) is -0.857. The number of fused-ring (bicyclic) bond motifs is 2. The fourth-order valence-corrected chi connectivity index (χ4v) is 5.37. The van der Waals surface area contributed by atoms with E-state index in [1.165, 1.54) is 25.3 Å². The van der Waals surface area contributed by atoms with Gasteiger partial charge in [-0.1, -0.05) is 50.1 Å². The normalized spacial score (nSPS) is 27.0. The van der Waals surface area contributed by atoms with Crippen LogP contribution in [0, 0.1) is 17.7 Å². The zero-order chi connectivity index (χ0) is 24.6. The first-order valence-corrected chi connectivity index (χ1v) is 12.4. The molecule has 1 saturated heterocycles. The van der Waals surface area contributed by atoms with Gasteiger partial charge in [0.15, 0.2) is 12.0 Å². The van der Waals surface area contributed by atoms with Crippen LogP contribution in [-0.4, -0.2) is 37.7 Å². The molecule has 1 saturated carbocycles. The quantitative estimate of drug-likeness (QED) is 0.151. The number of carbonyl (C=O) groups is 2. The van der Waals surface area contributed by atoms with Crippen LogP contribution in [0.25, 0.3) is 0 Å². The third-order valence-electron chi connectivity index (χ3n) is 7.28. The average molecular weight is 475 g/mol. The highest BCUT2D eigenvalue weighted by atomic mass is 19.1. The second kappa shape index (κ2) is 12.4. The van der Waals surface area contributed by atoms with Crippen LogP contribution in [0.5, 0.6) is 0 Å². The van der Waals surface area contributed by atoms with Crippen molar-refractivity contribution in [2.75, 3.05) is 13.7 Å². The van der Waals surface area contributed by atoms with Gasteiger partial charge in [0.05, 0.1) is 19.8 Å². The standard InChI is InChI=1S/C28H36F2O4/c1-3-4-10-24(30)25(31)17-16-22-23(9-7-5-6-8-11-27(32)33-2)28(18-26(22)34-19-28)20-12-14-21(29)15-13-20/h5,7,12-17,22-24,26H,3-4,6,8-11,18-19H2,1-2H3/t22-,23-,24?,26-,28-/m0/s1. The molecule has 1 aromatic carbocycles. The zero-order valence-electron chi connectivity index (χ0n) is 20.2. The predicted molar refractivity (Wildman–Crippen MR) is 128 cm³/mol. The van der Waals surface area contributed by atoms with Gasteiger partial charge in [-0.25, -0.2) is 8.78 Å². The number of hydrogen-bond acceptors (Lipinski definition) is 4. The molecular weight excluding hydrogens is 438 g/mol. The number of carbonyl (C=O) groups excluding carboxylic acids is 2. The Kier molecular flexibility index (Phi) is 9.57. The summed E-state index contributed by atoms with van der Waals surface area (Å²) < 4.78 is 38.6. The fraction of sp³-hybridized carbons (Fsp3) is 0.571. The minimum atomic E-state index is -1.46. The average Bonchev–Trinajstić information content (AvgIpc) is 3.41. The Bertz CT molecular complexity index is 879. The van der Waals surface area contributed by atoms with Crippen molar-refractivity contribution < 1.29 is 27.8 Å². The highest BCUT2D eigenvalue weighted by Gasteiger charge is 2.58. The molecule has 0 aromatic heterocycles. The van der Waals surface area contributed by atoms with E-state index in [4.69, 9.17) is 4.74 Å². The van der Waals surface area contributed by atoms with Crippen molar-refractivity contribution in [2.45, 2.75) is 76.0 Å². The van der Waals surface area contributed by atoms with Gasteiger partial charge in [0, 0.05) is 17.8 Å².